The Morgan fingerprint density at radius 1 is 1.27 bits per heavy atom. The number of halogens is 1. The van der Waals surface area contributed by atoms with Gasteiger partial charge in [0.25, 0.3) is 0 Å². The zero-order valence-electron chi connectivity index (χ0n) is 12.4. The molecule has 0 fully saturated rings. The van der Waals surface area contributed by atoms with Crippen LogP contribution in [0.2, 0.25) is 0 Å². The van der Waals surface area contributed by atoms with Gasteiger partial charge in [-0.2, -0.15) is 0 Å². The summed E-state index contributed by atoms with van der Waals surface area (Å²) in [5.41, 5.74) is 1.38. The highest BCUT2D eigenvalue weighted by molar-refractivity contribution is 5.91. The van der Waals surface area contributed by atoms with Gasteiger partial charge in [0.2, 0.25) is 0 Å². The third-order valence-corrected chi connectivity index (χ3v) is 3.21. The molecular weight excluding hydrogens is 287 g/mol. The average Bonchev–Trinajstić information content (AvgIpc) is 2.53. The van der Waals surface area contributed by atoms with Gasteiger partial charge in [-0.3, -0.25) is 0 Å². The molecule has 116 valence electrons. The van der Waals surface area contributed by atoms with Crippen LogP contribution in [-0.4, -0.2) is 18.2 Å². The van der Waals surface area contributed by atoms with E-state index in [-0.39, 0.29) is 12.2 Å². The van der Waals surface area contributed by atoms with Crippen LogP contribution < -0.4 is 4.74 Å². The summed E-state index contributed by atoms with van der Waals surface area (Å²) < 4.78 is 23.5. The molecule has 1 unspecified atom stereocenters. The highest BCUT2D eigenvalue weighted by atomic mass is 19.1. The second kappa shape index (κ2) is 7.04. The van der Waals surface area contributed by atoms with Gasteiger partial charge in [-0.15, -0.1) is 0 Å². The number of rotatable bonds is 5. The molecule has 0 saturated carbocycles. The standard InChI is InChI=1S/C17H17FO4/c1-11(19)12-4-3-5-15(8-12)22-10-13-6-7-14(18)9-16(13)17(20)21-2/h3-9,11,19H,10H2,1-2H3. The summed E-state index contributed by atoms with van der Waals surface area (Å²) >= 11 is 0. The Kier molecular flexibility index (Phi) is 5.12. The highest BCUT2D eigenvalue weighted by Crippen LogP contribution is 2.21. The van der Waals surface area contributed by atoms with Crippen LogP contribution in [0.15, 0.2) is 42.5 Å². The molecule has 22 heavy (non-hydrogen) atoms. The predicted molar refractivity (Wildman–Crippen MR) is 79.1 cm³/mol. The first-order valence-electron chi connectivity index (χ1n) is 6.79. The third-order valence-electron chi connectivity index (χ3n) is 3.21. The number of esters is 1. The lowest BCUT2D eigenvalue weighted by molar-refractivity contribution is 0.0597. The van der Waals surface area contributed by atoms with Crippen molar-refractivity contribution in [2.75, 3.05) is 7.11 Å². The molecule has 4 nitrogen and oxygen atoms in total. The number of aliphatic hydroxyl groups excluding tert-OH is 1. The first-order valence-corrected chi connectivity index (χ1v) is 6.79. The molecule has 1 atom stereocenters. The fraction of sp³-hybridized carbons (Fsp3) is 0.235. The number of carbonyl (C=O) groups excluding carboxylic acids is 1. The molecule has 0 aliphatic carbocycles. The van der Waals surface area contributed by atoms with E-state index in [0.717, 1.165) is 11.6 Å². The maximum absolute atomic E-state index is 13.3. The number of aliphatic hydroxyl groups is 1. The van der Waals surface area contributed by atoms with Crippen LogP contribution in [0.5, 0.6) is 5.75 Å². The molecule has 0 saturated heterocycles. The van der Waals surface area contributed by atoms with Crippen molar-refractivity contribution in [2.45, 2.75) is 19.6 Å². The maximum atomic E-state index is 13.3. The van der Waals surface area contributed by atoms with Crippen LogP contribution in [0.3, 0.4) is 0 Å². The van der Waals surface area contributed by atoms with Gasteiger partial charge < -0.3 is 14.6 Å². The molecule has 5 heteroatoms. The Balaban J connectivity index is 2.18. The molecule has 0 spiro atoms. The lowest BCUT2D eigenvalue weighted by Crippen LogP contribution is -2.08. The van der Waals surface area contributed by atoms with Gasteiger partial charge in [-0.1, -0.05) is 18.2 Å². The molecule has 2 rings (SSSR count). The van der Waals surface area contributed by atoms with Crippen molar-refractivity contribution in [3.05, 3.63) is 65.0 Å². The molecule has 2 aromatic rings. The monoisotopic (exact) mass is 304 g/mol. The van der Waals surface area contributed by atoms with Crippen molar-refractivity contribution in [2.24, 2.45) is 0 Å². The van der Waals surface area contributed by atoms with Gasteiger partial charge in [0, 0.05) is 5.56 Å². The molecular formula is C17H17FO4. The van der Waals surface area contributed by atoms with Crippen molar-refractivity contribution >= 4 is 5.97 Å². The second-order valence-electron chi connectivity index (χ2n) is 4.83. The largest absolute Gasteiger partial charge is 0.489 e. The zero-order valence-corrected chi connectivity index (χ0v) is 12.4. The number of ether oxygens (including phenoxy) is 2. The summed E-state index contributed by atoms with van der Waals surface area (Å²) in [6.07, 6.45) is -0.597. The molecule has 0 amide bonds. The number of hydrogen-bond acceptors (Lipinski definition) is 4. The van der Waals surface area contributed by atoms with E-state index in [1.807, 2.05) is 0 Å². The Bertz CT molecular complexity index is 667. The molecule has 0 heterocycles. The van der Waals surface area contributed by atoms with Crippen molar-refractivity contribution in [3.63, 3.8) is 0 Å². The fourth-order valence-electron chi connectivity index (χ4n) is 2.00. The van der Waals surface area contributed by atoms with Crippen LogP contribution in [0.25, 0.3) is 0 Å². The third kappa shape index (κ3) is 3.83. The lowest BCUT2D eigenvalue weighted by Gasteiger charge is -2.12. The first kappa shape index (κ1) is 16.0. The minimum atomic E-state index is -0.615. The Morgan fingerprint density at radius 3 is 2.73 bits per heavy atom. The molecule has 0 aliphatic heterocycles. The van der Waals surface area contributed by atoms with E-state index in [1.165, 1.54) is 19.2 Å². The Labute approximate surface area is 128 Å². The van der Waals surface area contributed by atoms with Gasteiger partial charge in [-0.25, -0.2) is 9.18 Å². The quantitative estimate of drug-likeness (QED) is 0.862. The maximum Gasteiger partial charge on any atom is 0.338 e. The highest BCUT2D eigenvalue weighted by Gasteiger charge is 2.13. The summed E-state index contributed by atoms with van der Waals surface area (Å²) in [4.78, 5) is 11.7. The molecule has 0 aliphatic rings. The summed E-state index contributed by atoms with van der Waals surface area (Å²) in [7, 11) is 1.24. The van der Waals surface area contributed by atoms with Gasteiger partial charge >= 0.3 is 5.97 Å². The van der Waals surface area contributed by atoms with Gasteiger partial charge in [-0.05, 0) is 36.8 Å². The number of carbonyl (C=O) groups is 1. The van der Waals surface area contributed by atoms with Crippen molar-refractivity contribution in [1.29, 1.82) is 0 Å². The summed E-state index contributed by atoms with van der Waals surface area (Å²) in [5, 5.41) is 9.55. The van der Waals surface area contributed by atoms with Crippen LogP contribution >= 0.6 is 0 Å². The molecule has 0 bridgehead atoms. The van der Waals surface area contributed by atoms with E-state index in [2.05, 4.69) is 4.74 Å². The van der Waals surface area contributed by atoms with Crippen LogP contribution in [0.1, 0.15) is 34.5 Å². The fourth-order valence-corrected chi connectivity index (χ4v) is 2.00. The topological polar surface area (TPSA) is 55.8 Å². The van der Waals surface area contributed by atoms with Crippen molar-refractivity contribution < 1.29 is 23.8 Å². The molecule has 0 aromatic heterocycles. The van der Waals surface area contributed by atoms with E-state index in [4.69, 9.17) is 4.74 Å². The van der Waals surface area contributed by atoms with Gasteiger partial charge in [0.15, 0.2) is 0 Å². The average molecular weight is 304 g/mol. The number of hydrogen-bond donors (Lipinski definition) is 1. The van der Waals surface area contributed by atoms with E-state index in [1.54, 1.807) is 31.2 Å². The van der Waals surface area contributed by atoms with Gasteiger partial charge in [0.1, 0.15) is 18.2 Å². The van der Waals surface area contributed by atoms with Crippen molar-refractivity contribution in [1.82, 2.24) is 0 Å². The molecule has 0 radical (unpaired) electrons. The zero-order chi connectivity index (χ0) is 16.1. The molecule has 2 aromatic carbocycles. The SMILES string of the molecule is COC(=O)c1cc(F)ccc1COc1cccc(C(C)O)c1. The normalized spacial score (nSPS) is 11.8. The summed E-state index contributed by atoms with van der Waals surface area (Å²) in [5.74, 6) is -0.574. The van der Waals surface area contributed by atoms with E-state index in [9.17, 15) is 14.3 Å². The van der Waals surface area contributed by atoms with Crippen LogP contribution in [0.4, 0.5) is 4.39 Å². The lowest BCUT2D eigenvalue weighted by atomic mass is 10.1. The number of benzene rings is 2. The predicted octanol–water partition coefficient (Wildman–Crippen LogP) is 3.24. The van der Waals surface area contributed by atoms with E-state index < -0.39 is 17.9 Å². The summed E-state index contributed by atoms with van der Waals surface area (Å²) in [6, 6.07) is 10.9. The Hall–Kier alpha value is -2.40. The molecule has 1 N–H and O–H groups in total. The van der Waals surface area contributed by atoms with E-state index in [0.29, 0.717) is 11.3 Å². The van der Waals surface area contributed by atoms with Crippen molar-refractivity contribution in [3.8, 4) is 5.75 Å². The van der Waals surface area contributed by atoms with Crippen LogP contribution in [0, 0.1) is 5.82 Å². The minimum absolute atomic E-state index is 0.0912. The summed E-state index contributed by atoms with van der Waals surface area (Å²) in [6.45, 7) is 1.75. The number of methoxy groups -OCH3 is 1. The van der Waals surface area contributed by atoms with Crippen LogP contribution in [-0.2, 0) is 11.3 Å². The Morgan fingerprint density at radius 2 is 2.05 bits per heavy atom. The second-order valence-corrected chi connectivity index (χ2v) is 4.83. The minimum Gasteiger partial charge on any atom is -0.489 e. The first-order chi connectivity index (χ1) is 10.5. The van der Waals surface area contributed by atoms with Gasteiger partial charge in [0.05, 0.1) is 18.8 Å². The van der Waals surface area contributed by atoms with E-state index >= 15 is 0 Å². The smallest absolute Gasteiger partial charge is 0.338 e.